The van der Waals surface area contributed by atoms with Gasteiger partial charge in [0.1, 0.15) is 11.1 Å². The van der Waals surface area contributed by atoms with Gasteiger partial charge in [-0.25, -0.2) is 38.5 Å². The third kappa shape index (κ3) is 19.0. The van der Waals surface area contributed by atoms with Crippen LogP contribution in [0.15, 0.2) is 36.4 Å². The molecule has 0 saturated heterocycles. The molecule has 322 valence electrons. The molecule has 0 aromatic heterocycles. The highest BCUT2D eigenvalue weighted by Gasteiger charge is 2.26. The maximum absolute atomic E-state index is 13.3. The summed E-state index contributed by atoms with van der Waals surface area (Å²) >= 11 is 0. The molecule has 2 aromatic rings. The molecule has 2 aromatic carbocycles. The van der Waals surface area contributed by atoms with Gasteiger partial charge in [-0.05, 0) is 49.9 Å². The Labute approximate surface area is 334 Å². The Morgan fingerprint density at radius 2 is 0.690 bits per heavy atom. The number of carbonyl (C=O) groups excluding carboxylic acids is 6. The predicted molar refractivity (Wildman–Crippen MR) is 195 cm³/mol. The van der Waals surface area contributed by atoms with Crippen molar-refractivity contribution < 1.29 is 95.4 Å². The molecular weight excluding hydrogens is 776 g/mol. The molecule has 0 atom stereocenters. The second-order valence-corrected chi connectivity index (χ2v) is 11.4. The number of rotatable bonds is 26. The fourth-order valence-corrected chi connectivity index (χ4v) is 3.96. The zero-order valence-electron chi connectivity index (χ0n) is 32.9. The minimum atomic E-state index is -1.30. The Morgan fingerprint density at radius 1 is 0.397 bits per heavy atom. The highest BCUT2D eigenvalue weighted by molar-refractivity contribution is 5.96. The number of benzene rings is 2. The first kappa shape index (κ1) is 47.8. The molecule has 0 aliphatic heterocycles. The Kier molecular flexibility index (Phi) is 23.9. The summed E-state index contributed by atoms with van der Waals surface area (Å²) in [6.07, 6.45) is 1.41. The van der Waals surface area contributed by atoms with Crippen molar-refractivity contribution in [3.05, 3.63) is 47.5 Å². The molecule has 0 heterocycles. The van der Waals surface area contributed by atoms with E-state index in [-0.39, 0.29) is 49.4 Å². The molecular formula is C38H50O20. The zero-order chi connectivity index (χ0) is 42.4. The van der Waals surface area contributed by atoms with E-state index >= 15 is 0 Å². The first-order valence-electron chi connectivity index (χ1n) is 18.5. The molecule has 0 bridgehead atoms. The normalized spacial score (nSPS) is 10.2. The summed E-state index contributed by atoms with van der Waals surface area (Å²) in [5.74, 6) is -3.72. The van der Waals surface area contributed by atoms with Crippen LogP contribution in [0.4, 0.5) is 19.2 Å². The maximum Gasteiger partial charge on any atom is 0.511 e. The van der Waals surface area contributed by atoms with Crippen LogP contribution < -0.4 is 18.9 Å². The molecule has 0 N–H and O–H groups in total. The van der Waals surface area contributed by atoms with Gasteiger partial charge in [0, 0.05) is 0 Å². The first-order chi connectivity index (χ1) is 28.1. The zero-order valence-corrected chi connectivity index (χ0v) is 32.9. The van der Waals surface area contributed by atoms with E-state index in [9.17, 15) is 28.8 Å². The van der Waals surface area contributed by atoms with Crippen molar-refractivity contribution in [1.82, 2.24) is 0 Å². The topological polar surface area (TPSA) is 232 Å². The molecule has 0 aliphatic carbocycles. The number of hydrogen-bond donors (Lipinski definition) is 0. The van der Waals surface area contributed by atoms with E-state index in [1.165, 1.54) is 36.4 Å². The second-order valence-electron chi connectivity index (χ2n) is 11.4. The van der Waals surface area contributed by atoms with E-state index in [0.29, 0.717) is 25.7 Å². The van der Waals surface area contributed by atoms with Gasteiger partial charge in [-0.3, -0.25) is 0 Å². The van der Waals surface area contributed by atoms with Crippen molar-refractivity contribution in [2.45, 2.75) is 79.1 Å². The van der Waals surface area contributed by atoms with Crippen LogP contribution in [-0.4, -0.2) is 90.2 Å². The number of unbranched alkanes of at least 4 members (excludes halogenated alkanes) is 4. The molecule has 58 heavy (non-hydrogen) atoms. The fraction of sp³-hybridized carbons (Fsp3) is 0.526. The number of hydrogen-bond acceptors (Lipinski definition) is 20. The lowest BCUT2D eigenvalue weighted by Gasteiger charge is -2.16. The van der Waals surface area contributed by atoms with Gasteiger partial charge in [0.15, 0.2) is 23.0 Å². The average Bonchev–Trinajstić information content (AvgIpc) is 3.21. The van der Waals surface area contributed by atoms with E-state index in [0.717, 1.165) is 25.7 Å². The third-order valence-corrected chi connectivity index (χ3v) is 7.00. The van der Waals surface area contributed by atoms with Gasteiger partial charge in [-0.15, -0.1) is 0 Å². The standard InChI is InChI=1S/C38H50O20/c1-5-9-19-45-35(41)53-23-49-29-17-13-15-27(31(29)51-25-55-37(43)47-21-11-7-3)33(39)57-58-34(40)28-16-14-18-30(50-24-54-36(42)46-20-10-6-2)32(28)52-26-56-38(44)48-22-12-8-4/h13-18H,5-12,19-26H2,1-4H3. The van der Waals surface area contributed by atoms with E-state index in [1.807, 2.05) is 27.7 Å². The quantitative estimate of drug-likeness (QED) is 0.0220. The molecule has 0 aliphatic rings. The van der Waals surface area contributed by atoms with Gasteiger partial charge in [-0.1, -0.05) is 65.5 Å². The van der Waals surface area contributed by atoms with Crippen LogP contribution in [-0.2, 0) is 47.7 Å². The van der Waals surface area contributed by atoms with Crippen molar-refractivity contribution in [1.29, 1.82) is 0 Å². The van der Waals surface area contributed by atoms with Crippen molar-refractivity contribution in [2.75, 3.05) is 53.6 Å². The Hall–Kier alpha value is -6.34. The molecule has 0 radical (unpaired) electrons. The van der Waals surface area contributed by atoms with Gasteiger partial charge in [0.2, 0.25) is 27.2 Å². The summed E-state index contributed by atoms with van der Waals surface area (Å²) in [7, 11) is 0. The summed E-state index contributed by atoms with van der Waals surface area (Å²) in [4.78, 5) is 83.9. The van der Waals surface area contributed by atoms with Gasteiger partial charge in [-0.2, -0.15) is 0 Å². The summed E-state index contributed by atoms with van der Waals surface area (Å²) in [6.45, 7) is 5.19. The summed E-state index contributed by atoms with van der Waals surface area (Å²) in [5.41, 5.74) is -0.796. The summed E-state index contributed by atoms with van der Waals surface area (Å²) in [6, 6.07) is 7.73. The van der Waals surface area contributed by atoms with Crippen LogP contribution >= 0.6 is 0 Å². The third-order valence-electron chi connectivity index (χ3n) is 7.00. The number of carbonyl (C=O) groups is 6. The fourth-order valence-electron chi connectivity index (χ4n) is 3.96. The molecule has 0 saturated carbocycles. The molecule has 0 fully saturated rings. The molecule has 20 nitrogen and oxygen atoms in total. The molecule has 0 spiro atoms. The van der Waals surface area contributed by atoms with Crippen molar-refractivity contribution in [3.8, 4) is 23.0 Å². The van der Waals surface area contributed by atoms with Crippen molar-refractivity contribution in [2.24, 2.45) is 0 Å². The number of para-hydroxylation sites is 2. The Bertz CT molecular complexity index is 1460. The largest absolute Gasteiger partial charge is 0.511 e. The monoisotopic (exact) mass is 826 g/mol. The van der Waals surface area contributed by atoms with E-state index < -0.39 is 74.9 Å². The lowest BCUT2D eigenvalue weighted by atomic mass is 10.2. The highest BCUT2D eigenvalue weighted by atomic mass is 17.2. The Balaban J connectivity index is 2.24. The highest BCUT2D eigenvalue weighted by Crippen LogP contribution is 2.34. The van der Waals surface area contributed by atoms with Gasteiger partial charge in [0.25, 0.3) is 0 Å². The SMILES string of the molecule is CCCCOC(=O)OCOc1cccc(C(=O)OOC(=O)c2cccc(OCOC(=O)OCCCC)c2OCOC(=O)OCCCC)c1OCOC(=O)OCCCC. The van der Waals surface area contributed by atoms with E-state index in [1.54, 1.807) is 0 Å². The molecule has 0 unspecified atom stereocenters. The van der Waals surface area contributed by atoms with Crippen LogP contribution in [0.3, 0.4) is 0 Å². The first-order valence-corrected chi connectivity index (χ1v) is 18.5. The minimum Gasteiger partial charge on any atom is -0.453 e. The van der Waals surface area contributed by atoms with E-state index in [4.69, 9.17) is 66.6 Å². The predicted octanol–water partition coefficient (Wildman–Crippen LogP) is 7.77. The minimum absolute atomic E-state index is 0.103. The van der Waals surface area contributed by atoms with Crippen LogP contribution in [0.1, 0.15) is 99.8 Å². The van der Waals surface area contributed by atoms with Crippen LogP contribution in [0.5, 0.6) is 23.0 Å². The average molecular weight is 827 g/mol. The van der Waals surface area contributed by atoms with Gasteiger partial charge in [0.05, 0.1) is 26.4 Å². The van der Waals surface area contributed by atoms with Crippen molar-refractivity contribution >= 4 is 36.6 Å². The van der Waals surface area contributed by atoms with Crippen LogP contribution in [0, 0.1) is 0 Å². The maximum atomic E-state index is 13.3. The summed E-state index contributed by atoms with van der Waals surface area (Å²) in [5, 5.41) is 0. The summed E-state index contributed by atoms with van der Waals surface area (Å²) < 4.78 is 61.2. The van der Waals surface area contributed by atoms with Gasteiger partial charge >= 0.3 is 36.6 Å². The molecule has 0 amide bonds. The molecule has 2 rings (SSSR count). The van der Waals surface area contributed by atoms with Crippen LogP contribution in [0.25, 0.3) is 0 Å². The van der Waals surface area contributed by atoms with E-state index in [2.05, 4.69) is 0 Å². The lowest BCUT2D eigenvalue weighted by molar-refractivity contribution is -0.187. The molecule has 20 heteroatoms. The van der Waals surface area contributed by atoms with Gasteiger partial charge < -0.3 is 56.8 Å². The van der Waals surface area contributed by atoms with Crippen molar-refractivity contribution in [3.63, 3.8) is 0 Å². The van der Waals surface area contributed by atoms with Crippen LogP contribution in [0.2, 0.25) is 0 Å². The number of ether oxygens (including phenoxy) is 12. The smallest absolute Gasteiger partial charge is 0.453 e. The second kappa shape index (κ2) is 29.0. The Morgan fingerprint density at radius 3 is 0.983 bits per heavy atom. The lowest BCUT2D eigenvalue weighted by Crippen LogP contribution is -2.18.